The fourth-order valence-corrected chi connectivity index (χ4v) is 4.81. The summed E-state index contributed by atoms with van der Waals surface area (Å²) in [4.78, 5) is 16.6. The average molecular weight is 385 g/mol. The number of nitrogens with one attached hydrogen (secondary N) is 1. The highest BCUT2D eigenvalue weighted by Crippen LogP contribution is 2.40. The lowest BCUT2D eigenvalue weighted by Gasteiger charge is -2.37. The van der Waals surface area contributed by atoms with Gasteiger partial charge in [0.25, 0.3) is 0 Å². The number of urea groups is 1. The molecule has 3 heterocycles. The van der Waals surface area contributed by atoms with Gasteiger partial charge < -0.3 is 14.7 Å². The van der Waals surface area contributed by atoms with E-state index in [4.69, 9.17) is 4.52 Å². The number of benzene rings is 1. The number of hydrogen-bond acceptors (Lipinski definition) is 5. The lowest BCUT2D eigenvalue weighted by molar-refractivity contribution is 0.157. The van der Waals surface area contributed by atoms with Crippen LogP contribution in [0.4, 0.5) is 4.79 Å². The number of nitrogens with zero attached hydrogens (tertiary/aromatic N) is 3. The summed E-state index contributed by atoms with van der Waals surface area (Å²) in [5.41, 5.74) is 3.89. The maximum absolute atomic E-state index is 13.2. The standard InChI is InChI=1S/C20H24N4O2S/c1-4-20(21-14(2)13-27-20)24-11-10-23(19(24)25)12-17-15(3)22-26-18(17)16-8-6-5-7-9-16/h5-9,13,21H,4,10-12H2,1-3H3. The number of aromatic nitrogens is 1. The highest BCUT2D eigenvalue weighted by molar-refractivity contribution is 8.03. The molecule has 142 valence electrons. The van der Waals surface area contributed by atoms with Crippen molar-refractivity contribution in [3.05, 3.63) is 52.7 Å². The van der Waals surface area contributed by atoms with Gasteiger partial charge in [0.1, 0.15) is 0 Å². The molecule has 1 aromatic heterocycles. The zero-order valence-electron chi connectivity index (χ0n) is 15.9. The number of allylic oxidation sites excluding steroid dienone is 1. The second-order valence-corrected chi connectivity index (χ2v) is 8.13. The van der Waals surface area contributed by atoms with Crippen LogP contribution in [-0.2, 0) is 6.54 Å². The lowest BCUT2D eigenvalue weighted by Crippen LogP contribution is -2.54. The maximum atomic E-state index is 13.2. The molecule has 2 aromatic rings. The first-order valence-electron chi connectivity index (χ1n) is 9.24. The third-order valence-corrected chi connectivity index (χ3v) is 6.68. The van der Waals surface area contributed by atoms with Crippen LogP contribution in [0, 0.1) is 6.92 Å². The maximum Gasteiger partial charge on any atom is 0.322 e. The molecule has 2 aliphatic heterocycles. The SMILES string of the molecule is CCC1(N2CCN(Cc3c(C)noc3-c3ccccc3)C2=O)NC(C)=CS1. The number of thioether (sulfide) groups is 1. The van der Waals surface area contributed by atoms with Gasteiger partial charge in [-0.25, -0.2) is 4.79 Å². The minimum Gasteiger partial charge on any atom is -0.357 e. The Hall–Kier alpha value is -2.41. The Bertz CT molecular complexity index is 879. The Morgan fingerprint density at radius 2 is 2.04 bits per heavy atom. The molecule has 1 unspecified atom stereocenters. The number of amides is 2. The van der Waals surface area contributed by atoms with Crippen molar-refractivity contribution in [1.82, 2.24) is 20.3 Å². The number of hydrogen-bond donors (Lipinski definition) is 1. The molecule has 0 radical (unpaired) electrons. The quantitative estimate of drug-likeness (QED) is 0.839. The summed E-state index contributed by atoms with van der Waals surface area (Å²) in [5, 5.41) is 9.73. The van der Waals surface area contributed by atoms with Crippen molar-refractivity contribution in [3.63, 3.8) is 0 Å². The summed E-state index contributed by atoms with van der Waals surface area (Å²) in [7, 11) is 0. The van der Waals surface area contributed by atoms with Crippen molar-refractivity contribution in [2.45, 2.75) is 38.7 Å². The van der Waals surface area contributed by atoms with Crippen molar-refractivity contribution in [1.29, 1.82) is 0 Å². The molecule has 1 N–H and O–H groups in total. The Labute approximate surface area is 163 Å². The summed E-state index contributed by atoms with van der Waals surface area (Å²) >= 11 is 1.69. The van der Waals surface area contributed by atoms with Crippen molar-refractivity contribution in [2.24, 2.45) is 0 Å². The van der Waals surface area contributed by atoms with Crippen molar-refractivity contribution >= 4 is 17.8 Å². The van der Waals surface area contributed by atoms with E-state index >= 15 is 0 Å². The molecule has 0 spiro atoms. The van der Waals surface area contributed by atoms with Crippen LogP contribution in [0.15, 0.2) is 46.0 Å². The molecule has 0 saturated carbocycles. The van der Waals surface area contributed by atoms with Gasteiger partial charge in [0, 0.05) is 29.9 Å². The fraction of sp³-hybridized carbons (Fsp3) is 0.400. The predicted molar refractivity (Wildman–Crippen MR) is 107 cm³/mol. The molecule has 1 saturated heterocycles. The van der Waals surface area contributed by atoms with Crippen molar-refractivity contribution < 1.29 is 9.32 Å². The molecular formula is C20H24N4O2S. The van der Waals surface area contributed by atoms with Crippen molar-refractivity contribution in [3.8, 4) is 11.3 Å². The first kappa shape index (κ1) is 18.0. The van der Waals surface area contributed by atoms with Gasteiger partial charge in [-0.3, -0.25) is 4.90 Å². The first-order chi connectivity index (χ1) is 13.0. The van der Waals surface area contributed by atoms with Crippen molar-refractivity contribution in [2.75, 3.05) is 13.1 Å². The molecule has 1 atom stereocenters. The van der Waals surface area contributed by atoms with Gasteiger partial charge in [0.15, 0.2) is 10.8 Å². The van der Waals surface area contributed by atoms with Gasteiger partial charge in [0.2, 0.25) is 0 Å². The second-order valence-electron chi connectivity index (χ2n) is 6.98. The molecule has 0 aliphatic carbocycles. The fourth-order valence-electron chi connectivity index (χ4n) is 3.69. The number of carbonyl (C=O) groups excluding carboxylic acids is 1. The van der Waals surface area contributed by atoms with Gasteiger partial charge in [-0.05, 0) is 25.7 Å². The molecule has 0 bridgehead atoms. The molecule has 2 aliphatic rings. The minimum absolute atomic E-state index is 0.0551. The van der Waals surface area contributed by atoms with Gasteiger partial charge in [-0.15, -0.1) is 0 Å². The Kier molecular flexibility index (Phi) is 4.63. The predicted octanol–water partition coefficient (Wildman–Crippen LogP) is 4.15. The first-order valence-corrected chi connectivity index (χ1v) is 10.1. The molecular weight excluding hydrogens is 360 g/mol. The summed E-state index contributed by atoms with van der Waals surface area (Å²) in [6.45, 7) is 7.99. The van der Waals surface area contributed by atoms with Gasteiger partial charge in [0.05, 0.1) is 12.2 Å². The van der Waals surface area contributed by atoms with E-state index in [0.29, 0.717) is 19.6 Å². The lowest BCUT2D eigenvalue weighted by atomic mass is 10.1. The van der Waals surface area contributed by atoms with E-state index in [9.17, 15) is 4.79 Å². The molecule has 27 heavy (non-hydrogen) atoms. The molecule has 4 rings (SSSR count). The molecule has 1 fully saturated rings. The molecule has 2 amide bonds. The van der Waals surface area contributed by atoms with Gasteiger partial charge >= 0.3 is 6.03 Å². The number of rotatable bonds is 5. The number of carbonyl (C=O) groups is 1. The zero-order chi connectivity index (χ0) is 19.0. The monoisotopic (exact) mass is 384 g/mol. The van der Waals surface area contributed by atoms with Gasteiger partial charge in [-0.1, -0.05) is 54.2 Å². The smallest absolute Gasteiger partial charge is 0.322 e. The van der Waals surface area contributed by atoms with Crippen LogP contribution >= 0.6 is 11.8 Å². The van der Waals surface area contributed by atoms with E-state index in [1.54, 1.807) is 11.8 Å². The van der Waals surface area contributed by atoms with E-state index in [1.807, 2.05) is 54.0 Å². The summed E-state index contributed by atoms with van der Waals surface area (Å²) in [5.74, 6) is 0.746. The molecule has 1 aromatic carbocycles. The summed E-state index contributed by atoms with van der Waals surface area (Å²) < 4.78 is 5.58. The van der Waals surface area contributed by atoms with Crippen LogP contribution in [0.1, 0.15) is 31.5 Å². The zero-order valence-corrected chi connectivity index (χ0v) is 16.7. The van der Waals surface area contributed by atoms with Crippen LogP contribution in [0.3, 0.4) is 0 Å². The normalized spacial score (nSPS) is 22.3. The summed E-state index contributed by atoms with van der Waals surface area (Å²) in [6.07, 6.45) is 0.840. The Balaban J connectivity index is 1.55. The Morgan fingerprint density at radius 1 is 1.26 bits per heavy atom. The average Bonchev–Trinajstić information content (AvgIpc) is 3.36. The van der Waals surface area contributed by atoms with Crippen LogP contribution in [-0.4, -0.2) is 39.1 Å². The number of aryl methyl sites for hydroxylation is 1. The highest BCUT2D eigenvalue weighted by atomic mass is 32.2. The second kappa shape index (κ2) is 6.96. The van der Waals surface area contributed by atoms with Crippen LogP contribution in [0.25, 0.3) is 11.3 Å². The third-order valence-electron chi connectivity index (χ3n) is 5.20. The topological polar surface area (TPSA) is 61.6 Å². The van der Waals surface area contributed by atoms with Gasteiger partial charge in [-0.2, -0.15) is 0 Å². The molecule has 6 nitrogen and oxygen atoms in total. The van der Waals surface area contributed by atoms with E-state index < -0.39 is 0 Å². The highest BCUT2D eigenvalue weighted by Gasteiger charge is 2.46. The third kappa shape index (κ3) is 3.10. The largest absolute Gasteiger partial charge is 0.357 e. The van der Waals surface area contributed by atoms with Crippen LogP contribution in [0.5, 0.6) is 0 Å². The van der Waals surface area contributed by atoms with E-state index in [2.05, 4.69) is 22.8 Å². The van der Waals surface area contributed by atoms with E-state index in [1.165, 1.54) is 0 Å². The van der Waals surface area contributed by atoms with Crippen LogP contribution < -0.4 is 5.32 Å². The van der Waals surface area contributed by atoms with E-state index in [-0.39, 0.29) is 11.0 Å². The molecule has 7 heteroatoms. The Morgan fingerprint density at radius 3 is 2.70 bits per heavy atom. The minimum atomic E-state index is -0.373. The van der Waals surface area contributed by atoms with Crippen LogP contribution in [0.2, 0.25) is 0 Å². The summed E-state index contributed by atoms with van der Waals surface area (Å²) in [6, 6.07) is 9.98. The van der Waals surface area contributed by atoms with E-state index in [0.717, 1.165) is 34.7 Å².